The van der Waals surface area contributed by atoms with Gasteiger partial charge in [0, 0.05) is 4.88 Å². The second-order valence-corrected chi connectivity index (χ2v) is 7.79. The number of rotatable bonds is 5. The maximum Gasteiger partial charge on any atom is 0.345 e. The molecule has 0 aliphatic rings. The predicted molar refractivity (Wildman–Crippen MR) is 74.3 cm³/mol. The average Bonchev–Trinajstić information content (AvgIpc) is 3.00. The number of sulfonamides is 1. The van der Waals surface area contributed by atoms with Crippen molar-refractivity contribution in [3.05, 3.63) is 39.4 Å². The van der Waals surface area contributed by atoms with Crippen molar-refractivity contribution in [3.8, 4) is 0 Å². The molecule has 2 aromatic heterocycles. The van der Waals surface area contributed by atoms with Gasteiger partial charge in [-0.2, -0.15) is 0 Å². The maximum atomic E-state index is 12.1. The lowest BCUT2D eigenvalue weighted by atomic mass is 10.3. The molecular weight excluding hydrogens is 306 g/mol. The molecule has 2 rings (SSSR count). The molecule has 5 nitrogen and oxygen atoms in total. The summed E-state index contributed by atoms with van der Waals surface area (Å²) in [5.41, 5.74) is 0. The van der Waals surface area contributed by atoms with E-state index in [9.17, 15) is 13.2 Å². The van der Waals surface area contributed by atoms with Crippen molar-refractivity contribution < 1.29 is 18.3 Å². The van der Waals surface area contributed by atoms with Crippen LogP contribution in [-0.2, 0) is 10.0 Å². The second-order valence-electron chi connectivity index (χ2n) is 3.78. The summed E-state index contributed by atoms with van der Waals surface area (Å²) < 4.78 is 26.7. The van der Waals surface area contributed by atoms with Crippen molar-refractivity contribution in [2.75, 3.05) is 0 Å². The third-order valence-electron chi connectivity index (χ3n) is 2.36. The van der Waals surface area contributed by atoms with Crippen molar-refractivity contribution in [1.29, 1.82) is 0 Å². The molecule has 0 spiro atoms. The van der Waals surface area contributed by atoms with Crippen LogP contribution in [0.15, 0.2) is 33.9 Å². The van der Waals surface area contributed by atoms with Crippen LogP contribution in [-0.4, -0.2) is 19.5 Å². The van der Waals surface area contributed by atoms with E-state index in [-0.39, 0.29) is 15.1 Å². The molecule has 0 aliphatic heterocycles. The SMILES string of the molecule is C[C@@H](NS(=O)(=O)c1ccc(C(=O)O)s1)c1cccs1. The van der Waals surface area contributed by atoms with Crippen LogP contribution in [0, 0.1) is 0 Å². The van der Waals surface area contributed by atoms with Crippen LogP contribution in [0.5, 0.6) is 0 Å². The highest BCUT2D eigenvalue weighted by Gasteiger charge is 2.22. The number of thiophene rings is 2. The van der Waals surface area contributed by atoms with Crippen LogP contribution >= 0.6 is 22.7 Å². The number of nitrogens with one attached hydrogen (secondary N) is 1. The van der Waals surface area contributed by atoms with E-state index in [1.165, 1.54) is 23.5 Å². The number of hydrogen-bond acceptors (Lipinski definition) is 5. The van der Waals surface area contributed by atoms with Gasteiger partial charge in [-0.15, -0.1) is 22.7 Å². The quantitative estimate of drug-likeness (QED) is 0.887. The zero-order valence-corrected chi connectivity index (χ0v) is 12.3. The van der Waals surface area contributed by atoms with E-state index in [0.717, 1.165) is 16.2 Å². The van der Waals surface area contributed by atoms with E-state index in [2.05, 4.69) is 4.72 Å². The topological polar surface area (TPSA) is 83.5 Å². The molecule has 0 aromatic carbocycles. The molecule has 0 saturated heterocycles. The number of hydrogen-bond donors (Lipinski definition) is 2. The molecule has 102 valence electrons. The van der Waals surface area contributed by atoms with Crippen LogP contribution in [0.25, 0.3) is 0 Å². The summed E-state index contributed by atoms with van der Waals surface area (Å²) in [7, 11) is -3.69. The lowest BCUT2D eigenvalue weighted by Crippen LogP contribution is -2.25. The molecule has 0 bridgehead atoms. The summed E-state index contributed by atoms with van der Waals surface area (Å²) >= 11 is 2.20. The normalized spacial score (nSPS) is 13.3. The van der Waals surface area contributed by atoms with Gasteiger partial charge in [0.25, 0.3) is 10.0 Å². The average molecular weight is 317 g/mol. The number of carboxylic acid groups (broad SMARTS) is 1. The summed E-state index contributed by atoms with van der Waals surface area (Å²) in [5, 5.41) is 10.7. The standard InChI is InChI=1S/C11H11NO4S3/c1-7(8-3-2-6-17-8)12-19(15,16)10-5-4-9(18-10)11(13)14/h2-7,12H,1H3,(H,13,14)/t7-/m1/s1. The van der Waals surface area contributed by atoms with Crippen LogP contribution in [0.2, 0.25) is 0 Å². The van der Waals surface area contributed by atoms with Crippen molar-refractivity contribution in [2.24, 2.45) is 0 Å². The molecule has 0 saturated carbocycles. The molecule has 2 aromatic rings. The summed E-state index contributed by atoms with van der Waals surface area (Å²) in [6.07, 6.45) is 0. The van der Waals surface area contributed by atoms with Gasteiger partial charge >= 0.3 is 5.97 Å². The lowest BCUT2D eigenvalue weighted by Gasteiger charge is -2.11. The van der Waals surface area contributed by atoms with Crippen LogP contribution < -0.4 is 4.72 Å². The molecule has 0 radical (unpaired) electrons. The minimum atomic E-state index is -3.69. The molecule has 2 N–H and O–H groups in total. The Hall–Kier alpha value is -1.22. The molecule has 0 aliphatic carbocycles. The maximum absolute atomic E-state index is 12.1. The minimum Gasteiger partial charge on any atom is -0.477 e. The van der Waals surface area contributed by atoms with Gasteiger partial charge in [-0.1, -0.05) is 6.07 Å². The Morgan fingerprint density at radius 1 is 1.37 bits per heavy atom. The Kier molecular flexibility index (Phi) is 4.04. The fraction of sp³-hybridized carbons (Fsp3) is 0.182. The van der Waals surface area contributed by atoms with Gasteiger partial charge in [0.05, 0.1) is 6.04 Å². The Bertz CT molecular complexity index is 673. The first-order valence-electron chi connectivity index (χ1n) is 5.29. The molecular formula is C11H11NO4S3. The van der Waals surface area contributed by atoms with Crippen LogP contribution in [0.4, 0.5) is 0 Å². The first kappa shape index (κ1) is 14.2. The van der Waals surface area contributed by atoms with Crippen molar-refractivity contribution in [3.63, 3.8) is 0 Å². The van der Waals surface area contributed by atoms with Gasteiger partial charge in [-0.25, -0.2) is 17.9 Å². The Morgan fingerprint density at radius 3 is 2.63 bits per heavy atom. The summed E-state index contributed by atoms with van der Waals surface area (Å²) in [6.45, 7) is 1.75. The highest BCUT2D eigenvalue weighted by Crippen LogP contribution is 2.25. The second kappa shape index (κ2) is 5.41. The largest absolute Gasteiger partial charge is 0.477 e. The van der Waals surface area contributed by atoms with Gasteiger partial charge in [0.15, 0.2) is 0 Å². The zero-order valence-electron chi connectivity index (χ0n) is 9.86. The van der Waals surface area contributed by atoms with Crippen molar-refractivity contribution >= 4 is 38.7 Å². The van der Waals surface area contributed by atoms with E-state index in [1.54, 1.807) is 6.92 Å². The number of carbonyl (C=O) groups is 1. The summed E-state index contributed by atoms with van der Waals surface area (Å²) in [6, 6.07) is 5.93. The molecule has 0 unspecified atom stereocenters. The van der Waals surface area contributed by atoms with E-state index >= 15 is 0 Å². The number of aromatic carboxylic acids is 1. The minimum absolute atomic E-state index is 0.00384. The van der Waals surface area contributed by atoms with E-state index in [1.807, 2.05) is 17.5 Å². The van der Waals surface area contributed by atoms with E-state index < -0.39 is 16.0 Å². The Morgan fingerprint density at radius 2 is 2.11 bits per heavy atom. The third-order valence-corrected chi connectivity index (χ3v) is 6.52. The Balaban J connectivity index is 2.20. The van der Waals surface area contributed by atoms with Crippen LogP contribution in [0.3, 0.4) is 0 Å². The zero-order chi connectivity index (χ0) is 14.0. The van der Waals surface area contributed by atoms with Gasteiger partial charge in [0.1, 0.15) is 9.09 Å². The lowest BCUT2D eigenvalue weighted by molar-refractivity contribution is 0.0702. The molecule has 0 fully saturated rings. The molecule has 0 amide bonds. The van der Waals surface area contributed by atoms with Gasteiger partial charge in [0.2, 0.25) is 0 Å². The van der Waals surface area contributed by atoms with Gasteiger partial charge in [-0.3, -0.25) is 0 Å². The molecule has 19 heavy (non-hydrogen) atoms. The molecule has 8 heteroatoms. The third kappa shape index (κ3) is 3.21. The highest BCUT2D eigenvalue weighted by molar-refractivity contribution is 7.91. The first-order chi connectivity index (χ1) is 8.90. The number of carboxylic acids is 1. The summed E-state index contributed by atoms with van der Waals surface area (Å²) in [4.78, 5) is 11.7. The predicted octanol–water partition coefficient (Wildman–Crippen LogP) is 2.55. The Labute approximate surface area is 118 Å². The van der Waals surface area contributed by atoms with Gasteiger partial charge < -0.3 is 5.11 Å². The van der Waals surface area contributed by atoms with Crippen molar-refractivity contribution in [1.82, 2.24) is 4.72 Å². The molecule has 1 atom stereocenters. The fourth-order valence-corrected chi connectivity index (χ4v) is 4.66. The van der Waals surface area contributed by atoms with Crippen LogP contribution in [0.1, 0.15) is 27.5 Å². The van der Waals surface area contributed by atoms with E-state index in [0.29, 0.717) is 0 Å². The molecule has 2 heterocycles. The smallest absolute Gasteiger partial charge is 0.345 e. The monoisotopic (exact) mass is 317 g/mol. The first-order valence-corrected chi connectivity index (χ1v) is 8.47. The fourth-order valence-electron chi connectivity index (χ4n) is 1.47. The van der Waals surface area contributed by atoms with Gasteiger partial charge in [-0.05, 0) is 30.5 Å². The highest BCUT2D eigenvalue weighted by atomic mass is 32.2. The summed E-state index contributed by atoms with van der Waals surface area (Å²) in [5.74, 6) is -1.13. The van der Waals surface area contributed by atoms with Crippen molar-refractivity contribution in [2.45, 2.75) is 17.2 Å². The van der Waals surface area contributed by atoms with E-state index in [4.69, 9.17) is 5.11 Å².